The topological polar surface area (TPSA) is 56.8 Å². The fraction of sp³-hybridized carbons (Fsp3) is 0.500. The number of carbonyl (C=O) groups excluding carboxylic acids is 1. The number of hydrogen-bond donors (Lipinski definition) is 1. The third-order valence-corrected chi connectivity index (χ3v) is 13.6. The molecule has 0 aliphatic rings. The van der Waals surface area contributed by atoms with E-state index in [4.69, 9.17) is 14.2 Å². The predicted molar refractivity (Wildman–Crippen MR) is 112 cm³/mol. The molecule has 25 heavy (non-hydrogen) atoms. The Hall–Kier alpha value is -0.110. The van der Waals surface area contributed by atoms with Gasteiger partial charge in [0.1, 0.15) is 0 Å². The van der Waals surface area contributed by atoms with Crippen molar-refractivity contribution in [3.63, 3.8) is 0 Å². The molecule has 0 spiro atoms. The smallest absolute Gasteiger partial charge is 0.251 e. The molecule has 0 fully saturated rings. The zero-order chi connectivity index (χ0) is 17.7. The van der Waals surface area contributed by atoms with Crippen LogP contribution in [0.3, 0.4) is 0 Å². The number of amides is 1. The molecule has 140 valence electrons. The Kier molecular flexibility index (Phi) is 11.1. The highest BCUT2D eigenvalue weighted by Gasteiger charge is 2.06. The van der Waals surface area contributed by atoms with Crippen molar-refractivity contribution in [2.24, 2.45) is 0 Å². The number of rotatable bonds is 10. The standard InChI is InChI=1S/C14H19NO4S6/c1-17-6-7-19-9-8-18-5-4-15-14(16)11-2-3-12-13(10-11)21-23-25-24-22-20-12/h2-3,10H,4-9H2,1H3,(H,15,16). The number of ether oxygens (including phenoxy) is 3. The van der Waals surface area contributed by atoms with Gasteiger partial charge in [-0.3, -0.25) is 4.79 Å². The van der Waals surface area contributed by atoms with Gasteiger partial charge in [-0.1, -0.05) is 20.7 Å². The summed E-state index contributed by atoms with van der Waals surface area (Å²) in [6.07, 6.45) is 0. The summed E-state index contributed by atoms with van der Waals surface area (Å²) in [6.45, 7) is 3.14. The van der Waals surface area contributed by atoms with Gasteiger partial charge in [0.15, 0.2) is 0 Å². The van der Waals surface area contributed by atoms with Gasteiger partial charge in [-0.05, 0) is 55.6 Å². The monoisotopic (exact) mass is 457 g/mol. The van der Waals surface area contributed by atoms with E-state index >= 15 is 0 Å². The van der Waals surface area contributed by atoms with Crippen LogP contribution in [-0.4, -0.2) is 52.6 Å². The zero-order valence-electron chi connectivity index (χ0n) is 13.6. The maximum Gasteiger partial charge on any atom is 0.251 e. The molecule has 2 rings (SSSR count). The molecule has 1 heterocycles. The molecule has 11 heteroatoms. The van der Waals surface area contributed by atoms with Crippen LogP contribution in [0.4, 0.5) is 0 Å². The molecule has 5 nitrogen and oxygen atoms in total. The van der Waals surface area contributed by atoms with Crippen LogP contribution in [0, 0.1) is 0 Å². The van der Waals surface area contributed by atoms with Gasteiger partial charge in [-0.25, -0.2) is 0 Å². The van der Waals surface area contributed by atoms with Gasteiger partial charge >= 0.3 is 0 Å². The van der Waals surface area contributed by atoms with Crippen LogP contribution in [0.15, 0.2) is 18.2 Å². The molecule has 0 bridgehead atoms. The van der Waals surface area contributed by atoms with E-state index in [1.165, 1.54) is 4.70 Å². The third-order valence-electron chi connectivity index (χ3n) is 2.87. The second kappa shape index (κ2) is 13.1. The van der Waals surface area contributed by atoms with Crippen molar-refractivity contribution < 1.29 is 19.0 Å². The van der Waals surface area contributed by atoms with Crippen molar-refractivity contribution in [3.05, 3.63) is 23.8 Å². The van der Waals surface area contributed by atoms with Gasteiger partial charge in [0.2, 0.25) is 0 Å². The second-order valence-electron chi connectivity index (χ2n) is 4.57. The molecule has 1 aromatic carbocycles. The molecule has 0 unspecified atom stereocenters. The van der Waals surface area contributed by atoms with E-state index in [0.29, 0.717) is 45.1 Å². The lowest BCUT2D eigenvalue weighted by atomic mass is 10.2. The highest BCUT2D eigenvalue weighted by Crippen LogP contribution is 2.30. The normalized spacial score (nSPS) is 10.6. The van der Waals surface area contributed by atoms with Crippen molar-refractivity contribution in [1.82, 2.24) is 5.32 Å². The van der Waals surface area contributed by atoms with Gasteiger partial charge in [-0.15, -0.1) is 0 Å². The lowest BCUT2D eigenvalue weighted by Crippen LogP contribution is -2.27. The Morgan fingerprint density at radius 2 is 1.60 bits per heavy atom. The summed E-state index contributed by atoms with van der Waals surface area (Å²) in [5.41, 5.74) is 0.679. The molecule has 0 saturated heterocycles. The molecule has 0 radical (unpaired) electrons. The zero-order valence-corrected chi connectivity index (χ0v) is 18.5. The molecule has 2 aromatic rings. The Bertz CT molecular complexity index is 705. The van der Waals surface area contributed by atoms with Crippen LogP contribution in [0.1, 0.15) is 10.4 Å². The van der Waals surface area contributed by atoms with Gasteiger partial charge in [0.05, 0.1) is 42.4 Å². The molecule has 0 aliphatic carbocycles. The molecule has 0 atom stereocenters. The quantitative estimate of drug-likeness (QED) is 0.409. The molecule has 0 aliphatic heterocycles. The van der Waals surface area contributed by atoms with Crippen LogP contribution in [0.25, 0.3) is 9.40 Å². The number of methoxy groups -OCH3 is 1. The van der Waals surface area contributed by atoms with Crippen molar-refractivity contribution >= 4 is 73.4 Å². The first-order chi connectivity index (χ1) is 12.3. The molecule has 1 N–H and O–H groups in total. The summed E-state index contributed by atoms with van der Waals surface area (Å²) in [5.74, 6) is -0.0740. The third kappa shape index (κ3) is 8.41. The maximum atomic E-state index is 12.2. The van der Waals surface area contributed by atoms with E-state index in [0.717, 1.165) is 4.70 Å². The number of carbonyl (C=O) groups is 1. The Balaban J connectivity index is 1.74. The maximum absolute atomic E-state index is 12.2. The summed E-state index contributed by atoms with van der Waals surface area (Å²) in [6, 6.07) is 5.84. The van der Waals surface area contributed by atoms with E-state index in [-0.39, 0.29) is 5.91 Å². The first-order valence-corrected chi connectivity index (χ1v) is 14.9. The van der Waals surface area contributed by atoms with Crippen molar-refractivity contribution in [2.45, 2.75) is 0 Å². The van der Waals surface area contributed by atoms with Crippen LogP contribution in [0.5, 0.6) is 0 Å². The Morgan fingerprint density at radius 3 is 2.36 bits per heavy atom. The Labute approximate surface area is 167 Å². The number of hydrogen-bond acceptors (Lipinski definition) is 10. The molecular weight excluding hydrogens is 439 g/mol. The average molecular weight is 458 g/mol. The van der Waals surface area contributed by atoms with Crippen LogP contribution < -0.4 is 5.32 Å². The average Bonchev–Trinajstić information content (AvgIpc) is 2.60. The number of benzene rings is 1. The highest BCUT2D eigenvalue weighted by atomic mass is 33.5. The minimum atomic E-state index is -0.0740. The number of fused-ring (bicyclic) bond motifs is 1. The van der Waals surface area contributed by atoms with Crippen LogP contribution in [0.2, 0.25) is 0 Å². The number of nitrogens with one attached hydrogen (secondary N) is 1. The van der Waals surface area contributed by atoms with Crippen LogP contribution in [-0.2, 0) is 14.2 Å². The van der Waals surface area contributed by atoms with Crippen molar-refractivity contribution in [3.8, 4) is 0 Å². The molecular formula is C14H19NO4S6. The summed E-state index contributed by atoms with van der Waals surface area (Å²) in [5, 5.41) is 2.88. The van der Waals surface area contributed by atoms with Gasteiger partial charge in [-0.2, -0.15) is 0 Å². The summed E-state index contributed by atoms with van der Waals surface area (Å²) < 4.78 is 17.9. The van der Waals surface area contributed by atoms with Gasteiger partial charge < -0.3 is 19.5 Å². The van der Waals surface area contributed by atoms with E-state index in [1.54, 1.807) is 65.2 Å². The van der Waals surface area contributed by atoms with E-state index < -0.39 is 0 Å². The SMILES string of the molecule is COCCOCCOCCNC(=O)c1ccc2ssssssc2c1. The fourth-order valence-corrected chi connectivity index (χ4v) is 13.3. The Morgan fingerprint density at radius 1 is 0.920 bits per heavy atom. The largest absolute Gasteiger partial charge is 0.382 e. The summed E-state index contributed by atoms with van der Waals surface area (Å²) in [7, 11) is 12.0. The lowest BCUT2D eigenvalue weighted by molar-refractivity contribution is 0.0255. The van der Waals surface area contributed by atoms with Gasteiger partial charge in [0, 0.05) is 19.2 Å². The molecule has 1 amide bonds. The van der Waals surface area contributed by atoms with Crippen molar-refractivity contribution in [1.29, 1.82) is 0 Å². The van der Waals surface area contributed by atoms with Gasteiger partial charge in [0.25, 0.3) is 5.91 Å². The first-order valence-electron chi connectivity index (χ1n) is 7.39. The van der Waals surface area contributed by atoms with E-state index in [9.17, 15) is 4.79 Å². The predicted octanol–water partition coefficient (Wildman–Crippen LogP) is 4.87. The molecule has 0 saturated carbocycles. The van der Waals surface area contributed by atoms with E-state index in [1.807, 2.05) is 18.2 Å². The first kappa shape index (κ1) is 21.2. The van der Waals surface area contributed by atoms with E-state index in [2.05, 4.69) is 5.32 Å². The minimum Gasteiger partial charge on any atom is -0.382 e. The summed E-state index contributed by atoms with van der Waals surface area (Å²) >= 11 is 0. The second-order valence-corrected chi connectivity index (χ2v) is 13.9. The fourth-order valence-electron chi connectivity index (χ4n) is 1.71. The minimum absolute atomic E-state index is 0.0740. The molecule has 1 aromatic heterocycles. The lowest BCUT2D eigenvalue weighted by Gasteiger charge is -2.07. The van der Waals surface area contributed by atoms with Crippen molar-refractivity contribution in [2.75, 3.05) is 46.7 Å². The summed E-state index contributed by atoms with van der Waals surface area (Å²) in [4.78, 5) is 12.2. The van der Waals surface area contributed by atoms with Crippen LogP contribution >= 0.6 is 58.1 Å². The highest BCUT2D eigenvalue weighted by molar-refractivity contribution is 8.19.